The summed E-state index contributed by atoms with van der Waals surface area (Å²) in [6.07, 6.45) is 4.64. The van der Waals surface area contributed by atoms with Crippen molar-refractivity contribution < 1.29 is 23.9 Å². The first kappa shape index (κ1) is 16.2. The number of hydrogen-bond donors (Lipinski definition) is 1. The number of ketones is 1. The Balaban J connectivity index is 0.000000200. The summed E-state index contributed by atoms with van der Waals surface area (Å²) in [4.78, 5) is 32.5. The quantitative estimate of drug-likeness (QED) is 0.602. The standard InChI is InChI=1S/C7H11NO2.C7H10O3/c2*1-10-7(9)5-3-2-4-6(5)8/h2-4,8H2,1H3;5H,2-4H2,1H3. The van der Waals surface area contributed by atoms with E-state index in [0.29, 0.717) is 24.1 Å². The molecule has 1 saturated carbocycles. The molecule has 0 saturated heterocycles. The lowest BCUT2D eigenvalue weighted by molar-refractivity contribution is -0.148. The van der Waals surface area contributed by atoms with Gasteiger partial charge in [0.15, 0.2) is 0 Å². The van der Waals surface area contributed by atoms with Gasteiger partial charge in [0.25, 0.3) is 0 Å². The lowest BCUT2D eigenvalue weighted by atomic mass is 10.1. The monoisotopic (exact) mass is 283 g/mol. The summed E-state index contributed by atoms with van der Waals surface area (Å²) < 4.78 is 8.97. The van der Waals surface area contributed by atoms with E-state index in [-0.39, 0.29) is 17.7 Å². The Morgan fingerprint density at radius 2 is 1.80 bits per heavy atom. The highest BCUT2D eigenvalue weighted by Gasteiger charge is 2.31. The molecule has 1 atom stereocenters. The van der Waals surface area contributed by atoms with E-state index in [4.69, 9.17) is 5.73 Å². The zero-order valence-electron chi connectivity index (χ0n) is 11.9. The second-order valence-electron chi connectivity index (χ2n) is 4.78. The van der Waals surface area contributed by atoms with Gasteiger partial charge < -0.3 is 15.2 Å². The number of hydrogen-bond acceptors (Lipinski definition) is 6. The normalized spacial score (nSPS) is 21.3. The van der Waals surface area contributed by atoms with E-state index in [9.17, 15) is 14.4 Å². The predicted molar refractivity (Wildman–Crippen MR) is 71.4 cm³/mol. The molecule has 6 nitrogen and oxygen atoms in total. The minimum atomic E-state index is -0.454. The third-order valence-corrected chi connectivity index (χ3v) is 3.48. The van der Waals surface area contributed by atoms with Gasteiger partial charge in [-0.3, -0.25) is 9.59 Å². The van der Waals surface area contributed by atoms with Crippen LogP contribution in [-0.2, 0) is 23.9 Å². The summed E-state index contributed by atoms with van der Waals surface area (Å²) in [5, 5.41) is 0. The number of carbonyl (C=O) groups excluding carboxylic acids is 3. The Morgan fingerprint density at radius 1 is 1.10 bits per heavy atom. The highest BCUT2D eigenvalue weighted by molar-refractivity contribution is 6.00. The minimum Gasteiger partial charge on any atom is -0.468 e. The Morgan fingerprint density at radius 3 is 2.20 bits per heavy atom. The van der Waals surface area contributed by atoms with Gasteiger partial charge in [0.05, 0.1) is 19.8 Å². The zero-order valence-corrected chi connectivity index (χ0v) is 11.9. The molecule has 112 valence electrons. The predicted octanol–water partition coefficient (Wildman–Crippen LogP) is 1.08. The molecule has 0 amide bonds. The SMILES string of the molecule is COC(=O)C1=C(N)CCC1.COC(=O)C1CCCC1=O. The fourth-order valence-electron chi connectivity index (χ4n) is 2.33. The van der Waals surface area contributed by atoms with Crippen LogP contribution >= 0.6 is 0 Å². The molecule has 1 unspecified atom stereocenters. The summed E-state index contributed by atoms with van der Waals surface area (Å²) in [6.45, 7) is 0. The average Bonchev–Trinajstić information content (AvgIpc) is 3.06. The van der Waals surface area contributed by atoms with Gasteiger partial charge in [-0.2, -0.15) is 0 Å². The largest absolute Gasteiger partial charge is 0.468 e. The van der Waals surface area contributed by atoms with Crippen molar-refractivity contribution in [2.45, 2.75) is 38.5 Å². The van der Waals surface area contributed by atoms with Crippen molar-refractivity contribution in [3.8, 4) is 0 Å². The highest BCUT2D eigenvalue weighted by atomic mass is 16.5. The number of ether oxygens (including phenoxy) is 2. The van der Waals surface area contributed by atoms with Crippen molar-refractivity contribution in [3.63, 3.8) is 0 Å². The second-order valence-corrected chi connectivity index (χ2v) is 4.78. The number of rotatable bonds is 2. The molecule has 0 spiro atoms. The first-order valence-electron chi connectivity index (χ1n) is 6.67. The average molecular weight is 283 g/mol. The van der Waals surface area contributed by atoms with Crippen LogP contribution in [-0.4, -0.2) is 31.9 Å². The molecule has 2 aliphatic carbocycles. The summed E-state index contributed by atoms with van der Waals surface area (Å²) in [6, 6.07) is 0. The summed E-state index contributed by atoms with van der Waals surface area (Å²) in [5.41, 5.74) is 6.90. The number of Topliss-reactive ketones (excluding diaryl/α,β-unsaturated/α-hetero) is 1. The van der Waals surface area contributed by atoms with Crippen molar-refractivity contribution in [1.29, 1.82) is 0 Å². The zero-order chi connectivity index (χ0) is 15.1. The van der Waals surface area contributed by atoms with Crippen LogP contribution in [0.4, 0.5) is 0 Å². The molecule has 0 aromatic heterocycles. The van der Waals surface area contributed by atoms with Crippen LogP contribution in [0.25, 0.3) is 0 Å². The molecule has 2 rings (SSSR count). The van der Waals surface area contributed by atoms with Crippen LogP contribution in [0.3, 0.4) is 0 Å². The lowest BCUT2D eigenvalue weighted by Crippen LogP contribution is -2.19. The van der Waals surface area contributed by atoms with E-state index in [1.54, 1.807) is 0 Å². The number of nitrogens with two attached hydrogens (primary N) is 1. The van der Waals surface area contributed by atoms with Crippen molar-refractivity contribution in [3.05, 3.63) is 11.3 Å². The second kappa shape index (κ2) is 7.67. The smallest absolute Gasteiger partial charge is 0.335 e. The van der Waals surface area contributed by atoms with E-state index < -0.39 is 5.92 Å². The van der Waals surface area contributed by atoms with Crippen molar-refractivity contribution in [2.75, 3.05) is 14.2 Å². The molecule has 20 heavy (non-hydrogen) atoms. The minimum absolute atomic E-state index is 0.0341. The molecule has 0 radical (unpaired) electrons. The lowest BCUT2D eigenvalue weighted by Gasteiger charge is -2.02. The van der Waals surface area contributed by atoms with Crippen LogP contribution in [0.2, 0.25) is 0 Å². The maximum atomic E-state index is 10.9. The summed E-state index contributed by atoms with van der Waals surface area (Å²) in [5.74, 6) is -1.06. The fraction of sp³-hybridized carbons (Fsp3) is 0.643. The van der Waals surface area contributed by atoms with Gasteiger partial charge in [-0.1, -0.05) is 0 Å². The molecule has 1 fully saturated rings. The molecule has 2 N–H and O–H groups in total. The van der Waals surface area contributed by atoms with Gasteiger partial charge in [0.2, 0.25) is 0 Å². The van der Waals surface area contributed by atoms with Crippen LogP contribution in [0, 0.1) is 5.92 Å². The van der Waals surface area contributed by atoms with E-state index in [0.717, 1.165) is 25.7 Å². The van der Waals surface area contributed by atoms with Crippen molar-refractivity contribution >= 4 is 17.7 Å². The fourth-order valence-corrected chi connectivity index (χ4v) is 2.33. The maximum Gasteiger partial charge on any atom is 0.335 e. The van der Waals surface area contributed by atoms with Crippen LogP contribution in [0.1, 0.15) is 38.5 Å². The Kier molecular flexibility index (Phi) is 6.21. The van der Waals surface area contributed by atoms with Gasteiger partial charge in [-0.25, -0.2) is 4.79 Å². The maximum absolute atomic E-state index is 10.9. The van der Waals surface area contributed by atoms with Gasteiger partial charge in [0.1, 0.15) is 11.7 Å². The van der Waals surface area contributed by atoms with E-state index >= 15 is 0 Å². The number of carbonyl (C=O) groups is 3. The third kappa shape index (κ3) is 4.08. The first-order valence-corrected chi connectivity index (χ1v) is 6.67. The van der Waals surface area contributed by atoms with E-state index in [1.807, 2.05) is 0 Å². The third-order valence-electron chi connectivity index (χ3n) is 3.48. The molecule has 0 heterocycles. The molecule has 2 aliphatic rings. The Hall–Kier alpha value is -1.85. The highest BCUT2D eigenvalue weighted by Crippen LogP contribution is 2.23. The Bertz CT molecular complexity index is 427. The van der Waals surface area contributed by atoms with E-state index in [2.05, 4.69) is 9.47 Å². The van der Waals surface area contributed by atoms with Gasteiger partial charge >= 0.3 is 11.9 Å². The number of methoxy groups -OCH3 is 2. The molecule has 0 aromatic carbocycles. The number of esters is 2. The molecular weight excluding hydrogens is 262 g/mol. The van der Waals surface area contributed by atoms with Crippen molar-refractivity contribution in [2.24, 2.45) is 11.7 Å². The van der Waals surface area contributed by atoms with Gasteiger partial charge in [-0.15, -0.1) is 0 Å². The summed E-state index contributed by atoms with van der Waals surface area (Å²) >= 11 is 0. The molecule has 0 aliphatic heterocycles. The van der Waals surface area contributed by atoms with Gasteiger partial charge in [-0.05, 0) is 32.1 Å². The molecule has 6 heteroatoms. The van der Waals surface area contributed by atoms with Crippen molar-refractivity contribution in [1.82, 2.24) is 0 Å². The first-order chi connectivity index (χ1) is 9.51. The topological polar surface area (TPSA) is 95.7 Å². The number of allylic oxidation sites excluding steroid dienone is 1. The van der Waals surface area contributed by atoms with Crippen LogP contribution in [0.5, 0.6) is 0 Å². The molecule has 0 bridgehead atoms. The Labute approximate surface area is 118 Å². The van der Waals surface area contributed by atoms with Gasteiger partial charge in [0, 0.05) is 12.1 Å². The molecular formula is C14H21NO5. The van der Waals surface area contributed by atoms with E-state index in [1.165, 1.54) is 14.2 Å². The van der Waals surface area contributed by atoms with Crippen LogP contribution in [0.15, 0.2) is 11.3 Å². The summed E-state index contributed by atoms with van der Waals surface area (Å²) in [7, 11) is 2.69. The molecule has 0 aromatic rings. The van der Waals surface area contributed by atoms with Crippen LogP contribution < -0.4 is 5.73 Å².